The Kier molecular flexibility index (Phi) is 4.73. The van der Waals surface area contributed by atoms with E-state index in [1.54, 1.807) is 6.07 Å². The summed E-state index contributed by atoms with van der Waals surface area (Å²) in [6.07, 6.45) is 0. The maximum absolute atomic E-state index is 11.2. The second-order valence-electron chi connectivity index (χ2n) is 3.46. The maximum Gasteiger partial charge on any atom is 0.238 e. The molecular formula is C10H17N3O3S. The lowest BCUT2D eigenvalue weighted by Crippen LogP contribution is -2.14. The summed E-state index contributed by atoms with van der Waals surface area (Å²) < 4.78 is 27.5. The van der Waals surface area contributed by atoms with Gasteiger partial charge in [-0.05, 0) is 25.1 Å². The third-order valence-electron chi connectivity index (χ3n) is 2.04. The molecule has 0 bridgehead atoms. The Balaban J connectivity index is 2.77. The van der Waals surface area contributed by atoms with Crippen LogP contribution in [-0.2, 0) is 14.8 Å². The molecule has 0 aromatic heterocycles. The number of primary sulfonamides is 1. The van der Waals surface area contributed by atoms with Gasteiger partial charge in [-0.3, -0.25) is 0 Å². The van der Waals surface area contributed by atoms with Crippen molar-refractivity contribution in [1.82, 2.24) is 0 Å². The number of hydrogen-bond acceptors (Lipinski definition) is 5. The summed E-state index contributed by atoms with van der Waals surface area (Å²) in [6.45, 7) is 3.65. The second-order valence-corrected chi connectivity index (χ2v) is 5.02. The molecule has 1 aromatic carbocycles. The van der Waals surface area contributed by atoms with E-state index in [2.05, 4.69) is 5.32 Å². The molecule has 0 atom stereocenters. The summed E-state index contributed by atoms with van der Waals surface area (Å²) in [5.74, 6) is 0. The fraction of sp³-hybridized carbons (Fsp3) is 0.400. The van der Waals surface area contributed by atoms with Crippen molar-refractivity contribution in [2.75, 3.05) is 30.8 Å². The zero-order valence-electron chi connectivity index (χ0n) is 9.64. The van der Waals surface area contributed by atoms with Crippen LogP contribution in [0.5, 0.6) is 0 Å². The summed E-state index contributed by atoms with van der Waals surface area (Å²) >= 11 is 0. The van der Waals surface area contributed by atoms with Crippen LogP contribution in [0.1, 0.15) is 6.92 Å². The van der Waals surface area contributed by atoms with Crippen LogP contribution in [0.2, 0.25) is 0 Å². The van der Waals surface area contributed by atoms with Crippen LogP contribution in [0, 0.1) is 0 Å². The number of ether oxygens (including phenoxy) is 1. The van der Waals surface area contributed by atoms with Gasteiger partial charge in [-0.15, -0.1) is 0 Å². The van der Waals surface area contributed by atoms with E-state index < -0.39 is 10.0 Å². The number of rotatable bonds is 6. The Morgan fingerprint density at radius 2 is 2.06 bits per heavy atom. The summed E-state index contributed by atoms with van der Waals surface area (Å²) in [4.78, 5) is -0.00332. The molecule has 1 rings (SSSR count). The third-order valence-corrected chi connectivity index (χ3v) is 2.93. The Labute approximate surface area is 101 Å². The van der Waals surface area contributed by atoms with Crippen LogP contribution in [0.25, 0.3) is 0 Å². The number of hydrogen-bond donors (Lipinski definition) is 3. The van der Waals surface area contributed by atoms with Crippen molar-refractivity contribution < 1.29 is 13.2 Å². The lowest BCUT2D eigenvalue weighted by atomic mass is 10.3. The topological polar surface area (TPSA) is 107 Å². The molecule has 0 saturated heterocycles. The molecule has 0 aliphatic heterocycles. The molecule has 6 nitrogen and oxygen atoms in total. The first-order valence-electron chi connectivity index (χ1n) is 5.18. The molecule has 96 valence electrons. The SMILES string of the molecule is CCOCCNc1cc(N)cc(S(N)(=O)=O)c1. The van der Waals surface area contributed by atoms with Crippen molar-refractivity contribution in [3.8, 4) is 0 Å². The van der Waals surface area contributed by atoms with E-state index in [0.717, 1.165) is 0 Å². The highest BCUT2D eigenvalue weighted by atomic mass is 32.2. The van der Waals surface area contributed by atoms with Crippen molar-refractivity contribution in [3.05, 3.63) is 18.2 Å². The van der Waals surface area contributed by atoms with Crippen LogP contribution in [0.3, 0.4) is 0 Å². The zero-order valence-corrected chi connectivity index (χ0v) is 10.5. The predicted octanol–water partition coefficient (Wildman–Crippen LogP) is 0.365. The van der Waals surface area contributed by atoms with Gasteiger partial charge in [-0.2, -0.15) is 0 Å². The van der Waals surface area contributed by atoms with Gasteiger partial charge in [0.05, 0.1) is 11.5 Å². The normalized spacial score (nSPS) is 11.4. The van der Waals surface area contributed by atoms with Gasteiger partial charge in [-0.25, -0.2) is 13.6 Å². The van der Waals surface area contributed by atoms with Gasteiger partial charge in [0.15, 0.2) is 0 Å². The molecule has 0 aliphatic carbocycles. The van der Waals surface area contributed by atoms with Gasteiger partial charge in [0.2, 0.25) is 10.0 Å². The number of nitrogen functional groups attached to an aromatic ring is 1. The highest BCUT2D eigenvalue weighted by molar-refractivity contribution is 7.89. The van der Waals surface area contributed by atoms with Crippen LogP contribution in [0.15, 0.2) is 23.1 Å². The van der Waals surface area contributed by atoms with E-state index in [0.29, 0.717) is 31.1 Å². The number of benzene rings is 1. The first-order chi connectivity index (χ1) is 7.93. The smallest absolute Gasteiger partial charge is 0.238 e. The van der Waals surface area contributed by atoms with Crippen LogP contribution in [0.4, 0.5) is 11.4 Å². The fourth-order valence-electron chi connectivity index (χ4n) is 1.30. The fourth-order valence-corrected chi connectivity index (χ4v) is 1.89. The summed E-state index contributed by atoms with van der Waals surface area (Å²) in [7, 11) is -3.73. The molecule has 17 heavy (non-hydrogen) atoms. The molecule has 0 spiro atoms. The first kappa shape index (κ1) is 13.8. The molecular weight excluding hydrogens is 242 g/mol. The first-order valence-corrected chi connectivity index (χ1v) is 6.73. The standard InChI is InChI=1S/C10H17N3O3S/c1-2-16-4-3-13-9-5-8(11)6-10(7-9)17(12,14)15/h5-7,13H,2-4,11H2,1H3,(H2,12,14,15). The highest BCUT2D eigenvalue weighted by Crippen LogP contribution is 2.19. The number of sulfonamides is 1. The van der Waals surface area contributed by atoms with Crippen LogP contribution in [-0.4, -0.2) is 28.2 Å². The van der Waals surface area contributed by atoms with Gasteiger partial charge >= 0.3 is 0 Å². The number of anilines is 2. The Morgan fingerprint density at radius 1 is 1.35 bits per heavy atom. The largest absolute Gasteiger partial charge is 0.399 e. The van der Waals surface area contributed by atoms with E-state index >= 15 is 0 Å². The lowest BCUT2D eigenvalue weighted by Gasteiger charge is -2.09. The van der Waals surface area contributed by atoms with Crippen molar-refractivity contribution in [3.63, 3.8) is 0 Å². The van der Waals surface area contributed by atoms with E-state index in [1.807, 2.05) is 6.92 Å². The Bertz CT molecular complexity index is 474. The number of nitrogens with one attached hydrogen (secondary N) is 1. The zero-order chi connectivity index (χ0) is 12.9. The van der Waals surface area contributed by atoms with Gasteiger partial charge < -0.3 is 15.8 Å². The average molecular weight is 259 g/mol. The molecule has 7 heteroatoms. The minimum absolute atomic E-state index is 0.00332. The van der Waals surface area contributed by atoms with Crippen molar-refractivity contribution in [2.24, 2.45) is 5.14 Å². The molecule has 0 heterocycles. The van der Waals surface area contributed by atoms with E-state index in [4.69, 9.17) is 15.6 Å². The lowest BCUT2D eigenvalue weighted by molar-refractivity contribution is 0.158. The summed E-state index contributed by atoms with van der Waals surface area (Å²) in [6, 6.07) is 4.40. The third kappa shape index (κ3) is 4.59. The van der Waals surface area contributed by atoms with E-state index in [9.17, 15) is 8.42 Å². The molecule has 0 fully saturated rings. The average Bonchev–Trinajstić information content (AvgIpc) is 2.22. The Morgan fingerprint density at radius 3 is 2.65 bits per heavy atom. The highest BCUT2D eigenvalue weighted by Gasteiger charge is 2.09. The van der Waals surface area contributed by atoms with Crippen molar-refractivity contribution >= 4 is 21.4 Å². The van der Waals surface area contributed by atoms with Gasteiger partial charge in [0, 0.05) is 24.5 Å². The van der Waals surface area contributed by atoms with Crippen LogP contribution >= 0.6 is 0 Å². The van der Waals surface area contributed by atoms with Gasteiger partial charge in [0.25, 0.3) is 0 Å². The van der Waals surface area contributed by atoms with Gasteiger partial charge in [0.1, 0.15) is 0 Å². The predicted molar refractivity (Wildman–Crippen MR) is 67.2 cm³/mol. The molecule has 5 N–H and O–H groups in total. The van der Waals surface area contributed by atoms with E-state index in [1.165, 1.54) is 12.1 Å². The summed E-state index contributed by atoms with van der Waals surface area (Å²) in [5.41, 5.74) is 6.54. The minimum atomic E-state index is -3.73. The monoisotopic (exact) mass is 259 g/mol. The summed E-state index contributed by atoms with van der Waals surface area (Å²) in [5, 5.41) is 8.04. The Hall–Kier alpha value is -1.31. The number of nitrogens with two attached hydrogens (primary N) is 2. The second kappa shape index (κ2) is 5.85. The maximum atomic E-state index is 11.2. The molecule has 0 amide bonds. The quantitative estimate of drug-likeness (QED) is 0.505. The molecule has 0 unspecified atom stereocenters. The van der Waals surface area contributed by atoms with Crippen molar-refractivity contribution in [2.45, 2.75) is 11.8 Å². The van der Waals surface area contributed by atoms with Crippen LogP contribution < -0.4 is 16.2 Å². The molecule has 0 radical (unpaired) electrons. The molecule has 0 saturated carbocycles. The van der Waals surface area contributed by atoms with Gasteiger partial charge in [-0.1, -0.05) is 0 Å². The van der Waals surface area contributed by atoms with Crippen molar-refractivity contribution in [1.29, 1.82) is 0 Å². The molecule has 0 aliphatic rings. The van der Waals surface area contributed by atoms with E-state index in [-0.39, 0.29) is 4.90 Å². The molecule has 1 aromatic rings. The minimum Gasteiger partial charge on any atom is -0.399 e.